The van der Waals surface area contributed by atoms with Crippen LogP contribution in [0.1, 0.15) is 46.5 Å². The Bertz CT molecular complexity index is 409. The first-order chi connectivity index (χ1) is 8.02. The van der Waals surface area contributed by atoms with Crippen LogP contribution in [0, 0.1) is 10.8 Å². The summed E-state index contributed by atoms with van der Waals surface area (Å²) >= 11 is 0. The van der Waals surface area contributed by atoms with Gasteiger partial charge in [0.05, 0.1) is 18.8 Å². The van der Waals surface area contributed by atoms with Crippen LogP contribution in [-0.4, -0.2) is 24.4 Å². The van der Waals surface area contributed by atoms with Gasteiger partial charge in [-0.2, -0.15) is 0 Å². The summed E-state index contributed by atoms with van der Waals surface area (Å²) in [6.07, 6.45) is 8.01. The first-order valence-corrected chi connectivity index (χ1v) is 6.99. The van der Waals surface area contributed by atoms with Gasteiger partial charge in [0.2, 0.25) is 0 Å². The molecule has 2 heterocycles. The van der Waals surface area contributed by atoms with E-state index >= 15 is 0 Å². The summed E-state index contributed by atoms with van der Waals surface area (Å²) in [7, 11) is 0. The monoisotopic (exact) mass is 234 g/mol. The van der Waals surface area contributed by atoms with Crippen molar-refractivity contribution in [1.29, 1.82) is 0 Å². The number of ether oxygens (including phenoxy) is 2. The van der Waals surface area contributed by atoms with Crippen LogP contribution in [0.25, 0.3) is 0 Å². The predicted molar refractivity (Wildman–Crippen MR) is 65.8 cm³/mol. The van der Waals surface area contributed by atoms with Crippen LogP contribution in [0.2, 0.25) is 0 Å². The van der Waals surface area contributed by atoms with Crippen LogP contribution in [0.5, 0.6) is 0 Å². The van der Waals surface area contributed by atoms with E-state index in [4.69, 9.17) is 9.47 Å². The summed E-state index contributed by atoms with van der Waals surface area (Å²) in [4.78, 5) is 0. The molecule has 5 atom stereocenters. The fraction of sp³-hybridized carbons (Fsp3) is 0.867. The van der Waals surface area contributed by atoms with Crippen LogP contribution in [-0.2, 0) is 9.47 Å². The SMILES string of the molecule is CC1=CC2OC3CCC(C)(C2(C)CC1)C31CO1. The largest absolute Gasteiger partial charge is 0.367 e. The van der Waals surface area contributed by atoms with Crippen LogP contribution in [0.15, 0.2) is 11.6 Å². The number of epoxide rings is 1. The van der Waals surface area contributed by atoms with Crippen molar-refractivity contribution in [3.05, 3.63) is 11.6 Å². The maximum absolute atomic E-state index is 6.40. The van der Waals surface area contributed by atoms with Gasteiger partial charge in [-0.3, -0.25) is 0 Å². The van der Waals surface area contributed by atoms with Gasteiger partial charge in [-0.15, -0.1) is 0 Å². The van der Waals surface area contributed by atoms with Gasteiger partial charge in [0, 0.05) is 10.8 Å². The zero-order chi connectivity index (χ0) is 11.9. The van der Waals surface area contributed by atoms with E-state index in [2.05, 4.69) is 26.8 Å². The Labute approximate surface area is 103 Å². The second kappa shape index (κ2) is 2.80. The van der Waals surface area contributed by atoms with Crippen molar-refractivity contribution >= 4 is 0 Å². The molecule has 2 aliphatic carbocycles. The maximum atomic E-state index is 6.40. The van der Waals surface area contributed by atoms with E-state index in [9.17, 15) is 0 Å². The van der Waals surface area contributed by atoms with E-state index in [1.165, 1.54) is 31.3 Å². The highest BCUT2D eigenvalue weighted by molar-refractivity contribution is 5.29. The molecule has 2 aliphatic heterocycles. The third-order valence-electron chi connectivity index (χ3n) is 6.49. The first-order valence-electron chi connectivity index (χ1n) is 6.99. The van der Waals surface area contributed by atoms with Crippen molar-refractivity contribution in [1.82, 2.24) is 0 Å². The van der Waals surface area contributed by atoms with Crippen molar-refractivity contribution in [2.24, 2.45) is 10.8 Å². The topological polar surface area (TPSA) is 21.8 Å². The minimum absolute atomic E-state index is 0.0807. The lowest BCUT2D eigenvalue weighted by atomic mass is 9.53. The summed E-state index contributed by atoms with van der Waals surface area (Å²) in [6, 6.07) is 0. The molecule has 2 bridgehead atoms. The molecular weight excluding hydrogens is 212 g/mol. The molecule has 0 N–H and O–H groups in total. The van der Waals surface area contributed by atoms with E-state index < -0.39 is 0 Å². The summed E-state index contributed by atoms with van der Waals surface area (Å²) in [5.41, 5.74) is 2.18. The Balaban J connectivity index is 1.85. The molecule has 17 heavy (non-hydrogen) atoms. The molecule has 0 aromatic carbocycles. The number of hydrogen-bond donors (Lipinski definition) is 0. The second-order valence-electron chi connectivity index (χ2n) is 7.02. The standard InChI is InChI=1S/C15H22O2/c1-10-4-6-13(2)12(8-10)17-11-5-7-14(13,3)15(11)9-16-15/h8,11-12H,4-7,9H2,1-3H3. The Kier molecular flexibility index (Phi) is 1.74. The van der Waals surface area contributed by atoms with Crippen molar-refractivity contribution in [3.63, 3.8) is 0 Å². The lowest BCUT2D eigenvalue weighted by Crippen LogP contribution is -2.61. The van der Waals surface area contributed by atoms with Gasteiger partial charge in [0.15, 0.2) is 0 Å². The van der Waals surface area contributed by atoms with Crippen LogP contribution in [0.3, 0.4) is 0 Å². The van der Waals surface area contributed by atoms with E-state index in [0.29, 0.717) is 17.6 Å². The molecule has 2 nitrogen and oxygen atoms in total. The van der Waals surface area contributed by atoms with Gasteiger partial charge >= 0.3 is 0 Å². The van der Waals surface area contributed by atoms with E-state index in [-0.39, 0.29) is 11.0 Å². The Hall–Kier alpha value is -0.340. The highest BCUT2D eigenvalue weighted by Crippen LogP contribution is 2.71. The van der Waals surface area contributed by atoms with Gasteiger partial charge in [-0.1, -0.05) is 25.5 Å². The average molecular weight is 234 g/mol. The number of hydrogen-bond acceptors (Lipinski definition) is 2. The van der Waals surface area contributed by atoms with Gasteiger partial charge in [0.25, 0.3) is 0 Å². The highest BCUT2D eigenvalue weighted by Gasteiger charge is 2.77. The van der Waals surface area contributed by atoms with Gasteiger partial charge in [0.1, 0.15) is 5.60 Å². The average Bonchev–Trinajstić information content (AvgIpc) is 3.03. The fourth-order valence-electron chi connectivity index (χ4n) is 4.83. The first kappa shape index (κ1) is 10.6. The van der Waals surface area contributed by atoms with Crippen molar-refractivity contribution < 1.29 is 9.47 Å². The minimum atomic E-state index is 0.0807. The summed E-state index contributed by atoms with van der Waals surface area (Å²) in [6.45, 7) is 8.07. The molecule has 1 saturated carbocycles. The zero-order valence-electron chi connectivity index (χ0n) is 11.1. The lowest BCUT2D eigenvalue weighted by molar-refractivity contribution is -0.190. The van der Waals surface area contributed by atoms with Crippen molar-refractivity contribution in [2.75, 3.05) is 6.61 Å². The lowest BCUT2D eigenvalue weighted by Gasteiger charge is -2.56. The maximum Gasteiger partial charge on any atom is 0.124 e. The number of allylic oxidation sites excluding steroid dienone is 1. The molecule has 0 radical (unpaired) electrons. The number of rotatable bonds is 0. The van der Waals surface area contributed by atoms with E-state index in [1.807, 2.05) is 0 Å². The highest BCUT2D eigenvalue weighted by atomic mass is 16.6. The molecule has 2 heteroatoms. The molecular formula is C15H22O2. The molecule has 4 aliphatic rings. The molecule has 5 unspecified atom stereocenters. The van der Waals surface area contributed by atoms with Gasteiger partial charge in [-0.05, 0) is 32.6 Å². The second-order valence-corrected chi connectivity index (χ2v) is 7.02. The summed E-state index contributed by atoms with van der Waals surface area (Å²) < 4.78 is 12.3. The predicted octanol–water partition coefficient (Wildman–Crippen LogP) is 3.07. The summed E-state index contributed by atoms with van der Waals surface area (Å²) in [5, 5.41) is 0. The molecule has 3 fully saturated rings. The van der Waals surface area contributed by atoms with Gasteiger partial charge < -0.3 is 9.47 Å². The van der Waals surface area contributed by atoms with E-state index in [1.54, 1.807) is 0 Å². The quantitative estimate of drug-likeness (QED) is 0.474. The smallest absolute Gasteiger partial charge is 0.124 e. The molecule has 94 valence electrons. The Morgan fingerprint density at radius 2 is 2.06 bits per heavy atom. The molecule has 1 spiro atoms. The zero-order valence-corrected chi connectivity index (χ0v) is 11.1. The Morgan fingerprint density at radius 3 is 2.76 bits per heavy atom. The van der Waals surface area contributed by atoms with Crippen molar-refractivity contribution in [2.45, 2.75) is 64.3 Å². The molecule has 0 aromatic rings. The third-order valence-corrected chi connectivity index (χ3v) is 6.49. The van der Waals surface area contributed by atoms with E-state index in [0.717, 1.165) is 6.61 Å². The third kappa shape index (κ3) is 0.978. The van der Waals surface area contributed by atoms with Gasteiger partial charge in [-0.25, -0.2) is 0 Å². The normalized spacial score (nSPS) is 60.1. The molecule has 2 saturated heterocycles. The molecule has 0 amide bonds. The summed E-state index contributed by atoms with van der Waals surface area (Å²) in [5.74, 6) is 0. The van der Waals surface area contributed by atoms with Crippen molar-refractivity contribution in [3.8, 4) is 0 Å². The van der Waals surface area contributed by atoms with Crippen LogP contribution >= 0.6 is 0 Å². The molecule has 0 aromatic heterocycles. The van der Waals surface area contributed by atoms with Crippen LogP contribution in [0.4, 0.5) is 0 Å². The fourth-order valence-corrected chi connectivity index (χ4v) is 4.83. The minimum Gasteiger partial charge on any atom is -0.367 e. The Morgan fingerprint density at radius 1 is 1.29 bits per heavy atom. The van der Waals surface area contributed by atoms with Crippen LogP contribution < -0.4 is 0 Å². The molecule has 4 rings (SSSR count). The number of fused-ring (bicyclic) bond motifs is 2.